The molecule has 4 rings (SSSR count). The Labute approximate surface area is 142 Å². The minimum atomic E-state index is -1.02. The summed E-state index contributed by atoms with van der Waals surface area (Å²) in [6, 6.07) is 3.81. The maximum Gasteiger partial charge on any atom is 0.246 e. The molecule has 1 aliphatic rings. The molecule has 7 nitrogen and oxygen atoms in total. The quantitative estimate of drug-likeness (QED) is 0.777. The van der Waals surface area contributed by atoms with Gasteiger partial charge in [0.1, 0.15) is 18.5 Å². The van der Waals surface area contributed by atoms with E-state index < -0.39 is 12.2 Å². The van der Waals surface area contributed by atoms with Crippen molar-refractivity contribution < 1.29 is 13.3 Å². The van der Waals surface area contributed by atoms with Crippen LogP contribution in [0.1, 0.15) is 18.1 Å². The van der Waals surface area contributed by atoms with Crippen molar-refractivity contribution in [3.8, 4) is 0 Å². The Morgan fingerprint density at radius 3 is 2.92 bits per heavy atom. The predicted molar refractivity (Wildman–Crippen MR) is 87.5 cm³/mol. The first-order valence-electron chi connectivity index (χ1n) is 8.11. The Bertz CT molecular complexity index is 907. The molecule has 9 heteroatoms. The van der Waals surface area contributed by atoms with Crippen LogP contribution < -0.4 is 10.6 Å². The lowest BCUT2D eigenvalue weighted by molar-refractivity contribution is 0.243. The molecule has 0 saturated carbocycles. The van der Waals surface area contributed by atoms with Gasteiger partial charge in [0.2, 0.25) is 11.8 Å². The summed E-state index contributed by atoms with van der Waals surface area (Å²) < 4.78 is 34.5. The van der Waals surface area contributed by atoms with Gasteiger partial charge >= 0.3 is 0 Å². The number of piperidine rings is 1. The van der Waals surface area contributed by atoms with Crippen molar-refractivity contribution in [1.29, 1.82) is 0 Å². The molecular weight excluding hydrogens is 330 g/mol. The van der Waals surface area contributed by atoms with Crippen molar-refractivity contribution in [2.75, 3.05) is 18.0 Å². The number of halogens is 2. The number of fused-ring (bicyclic) bond motifs is 1. The van der Waals surface area contributed by atoms with Crippen LogP contribution >= 0.6 is 0 Å². The van der Waals surface area contributed by atoms with E-state index in [2.05, 4.69) is 15.1 Å². The summed E-state index contributed by atoms with van der Waals surface area (Å²) in [6.45, 7) is 2.81. The molecule has 2 N–H and O–H groups in total. The predicted octanol–water partition coefficient (Wildman–Crippen LogP) is 1.79. The Kier molecular flexibility index (Phi) is 3.87. The molecule has 0 unspecified atom stereocenters. The third-order valence-corrected chi connectivity index (χ3v) is 4.41. The molecule has 0 aliphatic carbocycles. The molecule has 0 radical (unpaired) electrons. The molecule has 2 atom stereocenters. The maximum atomic E-state index is 13.7. The number of hydrogen-bond donors (Lipinski definition) is 1. The lowest BCUT2D eigenvalue weighted by Gasteiger charge is -2.33. The zero-order valence-electron chi connectivity index (χ0n) is 13.7. The van der Waals surface area contributed by atoms with Gasteiger partial charge in [0, 0.05) is 13.1 Å². The molecule has 25 heavy (non-hydrogen) atoms. The van der Waals surface area contributed by atoms with Gasteiger partial charge in [-0.15, -0.1) is 0 Å². The van der Waals surface area contributed by atoms with Crippen LogP contribution in [0.4, 0.5) is 14.7 Å². The highest BCUT2D eigenvalue weighted by atomic mass is 19.1. The van der Waals surface area contributed by atoms with E-state index in [-0.39, 0.29) is 12.4 Å². The van der Waals surface area contributed by atoms with Gasteiger partial charge in [-0.3, -0.25) is 0 Å². The van der Waals surface area contributed by atoms with Gasteiger partial charge in [-0.05, 0) is 31.5 Å². The average molecular weight is 348 g/mol. The molecule has 1 aromatic carbocycles. The fraction of sp³-hybridized carbons (Fsp3) is 0.438. The molecule has 0 spiro atoms. The second-order valence-corrected chi connectivity index (χ2v) is 6.28. The first-order valence-corrected chi connectivity index (χ1v) is 8.11. The summed E-state index contributed by atoms with van der Waals surface area (Å²) in [5, 5.41) is 3.78. The highest BCUT2D eigenvalue weighted by Crippen LogP contribution is 2.27. The smallest absolute Gasteiger partial charge is 0.246 e. The summed E-state index contributed by atoms with van der Waals surface area (Å²) >= 11 is 0. The van der Waals surface area contributed by atoms with E-state index in [4.69, 9.17) is 10.3 Å². The Balaban J connectivity index is 1.78. The highest BCUT2D eigenvalue weighted by molar-refractivity contribution is 5.79. The Morgan fingerprint density at radius 1 is 1.36 bits per heavy atom. The second-order valence-electron chi connectivity index (χ2n) is 6.28. The minimum Gasteiger partial charge on any atom is -0.340 e. The maximum absolute atomic E-state index is 13.7. The molecule has 1 fully saturated rings. The number of benzene rings is 1. The largest absolute Gasteiger partial charge is 0.340 e. The molecule has 3 heterocycles. The Morgan fingerprint density at radius 2 is 2.20 bits per heavy atom. The van der Waals surface area contributed by atoms with Crippen molar-refractivity contribution in [1.82, 2.24) is 19.7 Å². The van der Waals surface area contributed by atoms with E-state index in [1.54, 1.807) is 17.6 Å². The van der Waals surface area contributed by atoms with Gasteiger partial charge in [0.05, 0.1) is 17.1 Å². The third-order valence-electron chi connectivity index (χ3n) is 4.41. The summed E-state index contributed by atoms with van der Waals surface area (Å²) in [6.07, 6.45) is -0.691. The van der Waals surface area contributed by atoms with Crippen LogP contribution in [0.25, 0.3) is 11.0 Å². The van der Waals surface area contributed by atoms with Gasteiger partial charge in [0.25, 0.3) is 0 Å². The monoisotopic (exact) mass is 348 g/mol. The number of nitrogens with two attached hydrogens (primary N) is 1. The number of imidazole rings is 1. The number of aromatic nitrogens is 4. The van der Waals surface area contributed by atoms with Crippen LogP contribution in [-0.2, 0) is 6.54 Å². The lowest BCUT2D eigenvalue weighted by Crippen LogP contribution is -2.50. The van der Waals surface area contributed by atoms with Crippen LogP contribution in [0.15, 0.2) is 22.7 Å². The SMILES string of the molecule is Cc1noc(Cn2c(N3CC[C@@H](F)[C@H](N)C3)nc3ccc(F)cc32)n1. The second kappa shape index (κ2) is 6.07. The van der Waals surface area contributed by atoms with Crippen molar-refractivity contribution in [2.24, 2.45) is 5.73 Å². The van der Waals surface area contributed by atoms with Crippen LogP contribution in [0.2, 0.25) is 0 Å². The van der Waals surface area contributed by atoms with Crippen LogP contribution in [-0.4, -0.2) is 45.0 Å². The van der Waals surface area contributed by atoms with E-state index in [1.807, 2.05) is 4.90 Å². The number of anilines is 1. The van der Waals surface area contributed by atoms with Gasteiger partial charge in [0.15, 0.2) is 5.82 Å². The number of rotatable bonds is 3. The van der Waals surface area contributed by atoms with Gasteiger partial charge in [-0.1, -0.05) is 5.16 Å². The molecule has 1 aliphatic heterocycles. The molecule has 3 aromatic rings. The van der Waals surface area contributed by atoms with Crippen LogP contribution in [0.5, 0.6) is 0 Å². The zero-order chi connectivity index (χ0) is 17.6. The zero-order valence-corrected chi connectivity index (χ0v) is 13.7. The number of nitrogens with zero attached hydrogens (tertiary/aromatic N) is 5. The van der Waals surface area contributed by atoms with Crippen molar-refractivity contribution in [3.63, 3.8) is 0 Å². The molecule has 0 amide bonds. The number of hydrogen-bond acceptors (Lipinski definition) is 6. The third kappa shape index (κ3) is 2.95. The number of alkyl halides is 1. The van der Waals surface area contributed by atoms with E-state index in [9.17, 15) is 8.78 Å². The van der Waals surface area contributed by atoms with E-state index >= 15 is 0 Å². The summed E-state index contributed by atoms with van der Waals surface area (Å²) in [4.78, 5) is 10.7. The van der Waals surface area contributed by atoms with Crippen molar-refractivity contribution in [2.45, 2.75) is 32.1 Å². The average Bonchev–Trinajstić information content (AvgIpc) is 3.14. The standard InChI is InChI=1S/C16H18F2N6O/c1-9-20-15(25-22-9)8-24-14-6-10(17)2-3-13(14)21-16(24)23-5-4-11(18)12(19)7-23/h2-3,6,11-12H,4-5,7-8,19H2,1H3/t11-,12-/m1/s1. The first kappa shape index (κ1) is 15.9. The lowest BCUT2D eigenvalue weighted by atomic mass is 10.1. The summed E-state index contributed by atoms with van der Waals surface area (Å²) in [5.41, 5.74) is 7.13. The highest BCUT2D eigenvalue weighted by Gasteiger charge is 2.29. The first-order chi connectivity index (χ1) is 12.0. The van der Waals surface area contributed by atoms with Crippen molar-refractivity contribution in [3.05, 3.63) is 35.7 Å². The topological polar surface area (TPSA) is 86.0 Å². The molecule has 132 valence electrons. The van der Waals surface area contributed by atoms with Gasteiger partial charge in [-0.25, -0.2) is 13.8 Å². The molecule has 1 saturated heterocycles. The molecular formula is C16H18F2N6O. The minimum absolute atomic E-state index is 0.251. The van der Waals surface area contributed by atoms with E-state index in [0.29, 0.717) is 48.2 Å². The fourth-order valence-electron chi connectivity index (χ4n) is 3.16. The Hall–Kier alpha value is -2.55. The fourth-order valence-corrected chi connectivity index (χ4v) is 3.16. The van der Waals surface area contributed by atoms with E-state index in [1.165, 1.54) is 12.1 Å². The van der Waals surface area contributed by atoms with Crippen LogP contribution in [0.3, 0.4) is 0 Å². The van der Waals surface area contributed by atoms with Crippen molar-refractivity contribution >= 4 is 17.0 Å². The molecule has 0 bridgehead atoms. The normalized spacial score (nSPS) is 21.2. The van der Waals surface area contributed by atoms with Gasteiger partial charge in [-0.2, -0.15) is 4.98 Å². The summed E-state index contributed by atoms with van der Waals surface area (Å²) in [7, 11) is 0. The number of aryl methyl sites for hydroxylation is 1. The molecule has 2 aromatic heterocycles. The van der Waals surface area contributed by atoms with E-state index in [0.717, 1.165) is 0 Å². The van der Waals surface area contributed by atoms with Crippen LogP contribution in [0, 0.1) is 12.7 Å². The van der Waals surface area contributed by atoms with Gasteiger partial charge < -0.3 is 19.7 Å². The summed E-state index contributed by atoms with van der Waals surface area (Å²) in [5.74, 6) is 1.15.